The van der Waals surface area contributed by atoms with Crippen molar-refractivity contribution in [2.75, 3.05) is 5.73 Å². The van der Waals surface area contributed by atoms with Gasteiger partial charge in [-0.1, -0.05) is 36.0 Å². The van der Waals surface area contributed by atoms with E-state index in [-0.39, 0.29) is 33.8 Å². The average molecular weight is 378 g/mol. The van der Waals surface area contributed by atoms with Crippen LogP contribution >= 0.6 is 11.8 Å². The Kier molecular flexibility index (Phi) is 5.35. The van der Waals surface area contributed by atoms with Gasteiger partial charge in [0.2, 0.25) is 0 Å². The van der Waals surface area contributed by atoms with Gasteiger partial charge in [-0.2, -0.15) is 10.5 Å². The van der Waals surface area contributed by atoms with Gasteiger partial charge in [0.15, 0.2) is 0 Å². The van der Waals surface area contributed by atoms with Crippen LogP contribution in [0.3, 0.4) is 0 Å². The summed E-state index contributed by atoms with van der Waals surface area (Å²) in [5.41, 5.74) is 7.63. The summed E-state index contributed by atoms with van der Waals surface area (Å²) in [6.45, 7) is 0. The summed E-state index contributed by atoms with van der Waals surface area (Å²) in [5.74, 6) is -0.726. The van der Waals surface area contributed by atoms with Crippen LogP contribution < -0.4 is 5.73 Å². The number of hydrogen-bond donors (Lipinski definition) is 1. The van der Waals surface area contributed by atoms with E-state index in [9.17, 15) is 14.0 Å². The number of hydrogen-bond acceptors (Lipinski definition) is 5. The molecule has 0 aliphatic rings. The minimum Gasteiger partial charge on any atom is -0.383 e. The Balaban J connectivity index is 2.08. The highest BCUT2D eigenvalue weighted by molar-refractivity contribution is 7.99. The fraction of sp³-hybridized carbons (Fsp3) is 0.0500. The van der Waals surface area contributed by atoms with Crippen LogP contribution in [0.5, 0.6) is 0 Å². The van der Waals surface area contributed by atoms with Gasteiger partial charge in [-0.15, -0.1) is 0 Å². The zero-order valence-corrected chi connectivity index (χ0v) is 14.7. The third kappa shape index (κ3) is 4.05. The normalized spacial score (nSPS) is 10.4. The van der Waals surface area contributed by atoms with Crippen LogP contribution in [0.2, 0.25) is 0 Å². The maximum atomic E-state index is 13.3. The molecule has 2 aromatic carbocycles. The van der Waals surface area contributed by atoms with Crippen LogP contribution in [-0.2, 0) is 0 Å². The van der Waals surface area contributed by atoms with E-state index in [2.05, 4.69) is 4.98 Å². The zero-order valence-electron chi connectivity index (χ0n) is 13.9. The predicted octanol–water partition coefficient (Wildman–Crippen LogP) is 4.57. The Morgan fingerprint density at radius 1 is 0.852 bits per heavy atom. The van der Waals surface area contributed by atoms with Crippen LogP contribution in [0.4, 0.5) is 14.6 Å². The number of nitrogen functional groups attached to an aromatic ring is 1. The second kappa shape index (κ2) is 7.86. The minimum absolute atomic E-state index is 0.0240. The lowest BCUT2D eigenvalue weighted by atomic mass is 10.0. The number of rotatable bonds is 4. The van der Waals surface area contributed by atoms with Crippen molar-refractivity contribution in [1.29, 1.82) is 10.5 Å². The van der Waals surface area contributed by atoms with Crippen LogP contribution in [0.15, 0.2) is 59.6 Å². The van der Waals surface area contributed by atoms with Crippen molar-refractivity contribution < 1.29 is 8.78 Å². The summed E-state index contributed by atoms with van der Waals surface area (Å²) in [5, 5.41) is 18.4. The maximum Gasteiger partial charge on any atom is 0.142 e. The van der Waals surface area contributed by atoms with Gasteiger partial charge < -0.3 is 5.73 Å². The van der Waals surface area contributed by atoms with E-state index < -0.39 is 0 Å². The van der Waals surface area contributed by atoms with Crippen molar-refractivity contribution >= 4 is 17.6 Å². The molecule has 0 unspecified atom stereocenters. The predicted molar refractivity (Wildman–Crippen MR) is 98.6 cm³/mol. The molecule has 132 valence electrons. The van der Waals surface area contributed by atoms with E-state index in [0.29, 0.717) is 5.03 Å². The first-order chi connectivity index (χ1) is 13.0. The lowest BCUT2D eigenvalue weighted by Crippen LogP contribution is -2.02. The molecule has 0 aliphatic carbocycles. The SMILES string of the molecule is N#Cc1cc(C#N)c(SC(c2ccc(F)cc2)c2ccc(F)cc2)nc1N. The summed E-state index contributed by atoms with van der Waals surface area (Å²) in [7, 11) is 0. The van der Waals surface area contributed by atoms with Gasteiger partial charge in [0.05, 0.1) is 16.4 Å². The number of nitriles is 2. The minimum atomic E-state index is -0.377. The molecule has 0 fully saturated rings. The van der Waals surface area contributed by atoms with Gasteiger partial charge in [0.1, 0.15) is 34.6 Å². The summed E-state index contributed by atoms with van der Waals surface area (Å²) < 4.78 is 26.7. The molecule has 0 saturated carbocycles. The van der Waals surface area contributed by atoms with E-state index in [1.807, 2.05) is 12.1 Å². The number of halogens is 2. The van der Waals surface area contributed by atoms with Crippen LogP contribution in [-0.4, -0.2) is 4.98 Å². The average Bonchev–Trinajstić information content (AvgIpc) is 2.68. The van der Waals surface area contributed by atoms with E-state index in [0.717, 1.165) is 11.1 Å². The van der Waals surface area contributed by atoms with E-state index >= 15 is 0 Å². The second-order valence-electron chi connectivity index (χ2n) is 5.60. The molecule has 1 aromatic heterocycles. The molecule has 3 rings (SSSR count). The van der Waals surface area contributed by atoms with Crippen molar-refractivity contribution in [3.8, 4) is 12.1 Å². The quantitative estimate of drug-likeness (QED) is 0.672. The van der Waals surface area contributed by atoms with Crippen LogP contribution in [0.1, 0.15) is 27.5 Å². The molecule has 2 N–H and O–H groups in total. The maximum absolute atomic E-state index is 13.3. The number of aromatic nitrogens is 1. The molecular formula is C20H12F2N4S. The largest absolute Gasteiger partial charge is 0.383 e. The molecule has 0 spiro atoms. The standard InChI is InChI=1S/C20H12F2N4S/c21-16-5-1-12(2-6-16)18(13-3-7-17(22)8-4-13)27-20-15(11-24)9-14(10-23)19(25)26-20/h1-9,18H,(H2,25,26). The Bertz CT molecular complexity index is 1010. The Hall–Kier alpha value is -3.42. The molecule has 1 heterocycles. The fourth-order valence-corrected chi connectivity index (χ4v) is 3.68. The summed E-state index contributed by atoms with van der Waals surface area (Å²) in [6, 6.07) is 17.1. The van der Waals surface area contributed by atoms with Crippen molar-refractivity contribution in [1.82, 2.24) is 4.98 Å². The molecule has 0 radical (unpaired) electrons. The third-order valence-corrected chi connectivity index (χ3v) is 5.15. The number of nitrogens with zero attached hydrogens (tertiary/aromatic N) is 3. The van der Waals surface area contributed by atoms with Crippen molar-refractivity contribution in [2.45, 2.75) is 10.3 Å². The summed E-state index contributed by atoms with van der Waals surface area (Å²) >= 11 is 1.22. The lowest BCUT2D eigenvalue weighted by molar-refractivity contribution is 0.626. The molecule has 0 aliphatic heterocycles. The monoisotopic (exact) mass is 378 g/mol. The number of anilines is 1. The summed E-state index contributed by atoms with van der Waals surface area (Å²) in [6.07, 6.45) is 0. The van der Waals surface area contributed by atoms with Gasteiger partial charge >= 0.3 is 0 Å². The first-order valence-corrected chi connectivity index (χ1v) is 8.68. The molecule has 0 bridgehead atoms. The molecule has 0 amide bonds. The van der Waals surface area contributed by atoms with Gasteiger partial charge in [0, 0.05) is 0 Å². The van der Waals surface area contributed by atoms with Crippen molar-refractivity contribution in [3.63, 3.8) is 0 Å². The lowest BCUT2D eigenvalue weighted by Gasteiger charge is -2.18. The number of pyridine rings is 1. The van der Waals surface area contributed by atoms with Crippen molar-refractivity contribution in [2.24, 2.45) is 0 Å². The first-order valence-electron chi connectivity index (χ1n) is 7.80. The molecule has 0 atom stereocenters. The summed E-state index contributed by atoms with van der Waals surface area (Å²) in [4.78, 5) is 4.19. The van der Waals surface area contributed by atoms with E-state index in [4.69, 9.17) is 11.0 Å². The smallest absolute Gasteiger partial charge is 0.142 e. The third-order valence-electron chi connectivity index (χ3n) is 3.83. The molecule has 3 aromatic rings. The highest BCUT2D eigenvalue weighted by Gasteiger charge is 2.20. The first kappa shape index (κ1) is 18.4. The van der Waals surface area contributed by atoms with E-state index in [1.165, 1.54) is 42.1 Å². The Morgan fingerprint density at radius 3 is 1.78 bits per heavy atom. The topological polar surface area (TPSA) is 86.5 Å². The fourth-order valence-electron chi connectivity index (χ4n) is 2.48. The number of benzene rings is 2. The van der Waals surface area contributed by atoms with Crippen LogP contribution in [0.25, 0.3) is 0 Å². The Labute approximate surface area is 158 Å². The molecule has 7 heteroatoms. The van der Waals surface area contributed by atoms with Gasteiger partial charge in [0.25, 0.3) is 0 Å². The van der Waals surface area contributed by atoms with Crippen molar-refractivity contribution in [3.05, 3.63) is 88.5 Å². The van der Waals surface area contributed by atoms with Gasteiger partial charge in [-0.3, -0.25) is 0 Å². The number of nitrogens with two attached hydrogens (primary N) is 1. The van der Waals surface area contributed by atoms with Gasteiger partial charge in [-0.05, 0) is 41.5 Å². The van der Waals surface area contributed by atoms with Crippen LogP contribution in [0, 0.1) is 34.3 Å². The van der Waals surface area contributed by atoms with Gasteiger partial charge in [-0.25, -0.2) is 13.8 Å². The molecular weight excluding hydrogens is 366 g/mol. The Morgan fingerprint density at radius 2 is 1.33 bits per heavy atom. The highest BCUT2D eigenvalue weighted by atomic mass is 32.2. The highest BCUT2D eigenvalue weighted by Crippen LogP contribution is 2.41. The molecule has 0 saturated heterocycles. The molecule has 27 heavy (non-hydrogen) atoms. The zero-order chi connectivity index (χ0) is 19.4. The second-order valence-corrected chi connectivity index (χ2v) is 6.69. The number of thioether (sulfide) groups is 1. The van der Waals surface area contributed by atoms with E-state index in [1.54, 1.807) is 24.3 Å². The molecule has 4 nitrogen and oxygen atoms in total.